The molecule has 1 aromatic carbocycles. The molecule has 3 radical (unpaired) electrons. The number of para-hydroxylation sites is 1. The van der Waals surface area contributed by atoms with Gasteiger partial charge in [0, 0.05) is 0 Å². The number of pyridine rings is 1. The van der Waals surface area contributed by atoms with E-state index in [-0.39, 0.29) is 0 Å². The van der Waals surface area contributed by atoms with E-state index in [1.165, 1.54) is 27.9 Å². The van der Waals surface area contributed by atoms with Crippen LogP contribution in [0.3, 0.4) is 0 Å². The summed E-state index contributed by atoms with van der Waals surface area (Å²) in [4.78, 5) is 4.42. The SMILES string of the molecule is [Sn][c]1ccc2ccccc2n1. The van der Waals surface area contributed by atoms with Gasteiger partial charge in [-0.1, -0.05) is 0 Å². The third-order valence-electron chi connectivity index (χ3n) is 1.60. The molecule has 0 amide bonds. The minimum absolute atomic E-state index is 1.10. The Morgan fingerprint density at radius 2 is 1.82 bits per heavy atom. The van der Waals surface area contributed by atoms with Crippen LogP contribution in [-0.4, -0.2) is 27.5 Å². The summed E-state index contributed by atoms with van der Waals surface area (Å²) in [5.41, 5.74) is 1.10. The monoisotopic (exact) mass is 248 g/mol. The summed E-state index contributed by atoms with van der Waals surface area (Å²) in [6, 6.07) is 12.4. The number of rotatable bonds is 0. The molecule has 0 aliphatic carbocycles. The van der Waals surface area contributed by atoms with E-state index >= 15 is 0 Å². The van der Waals surface area contributed by atoms with E-state index in [9.17, 15) is 0 Å². The van der Waals surface area contributed by atoms with Crippen LogP contribution >= 0.6 is 0 Å². The van der Waals surface area contributed by atoms with Crippen LogP contribution in [0.5, 0.6) is 0 Å². The average molecular weight is 247 g/mol. The number of aromatic nitrogens is 1. The van der Waals surface area contributed by atoms with Crippen LogP contribution in [0.1, 0.15) is 0 Å². The summed E-state index contributed by atoms with van der Waals surface area (Å²) in [6.07, 6.45) is 0. The molecule has 11 heavy (non-hydrogen) atoms. The van der Waals surface area contributed by atoms with Gasteiger partial charge < -0.3 is 0 Å². The average Bonchev–Trinajstić information content (AvgIpc) is 2.04. The summed E-state index contributed by atoms with van der Waals surface area (Å²) in [7, 11) is 0. The Morgan fingerprint density at radius 3 is 2.73 bits per heavy atom. The second kappa shape index (κ2) is 2.81. The van der Waals surface area contributed by atoms with Gasteiger partial charge in [-0.25, -0.2) is 0 Å². The topological polar surface area (TPSA) is 12.9 Å². The fraction of sp³-hybridized carbons (Fsp3) is 0. The molecule has 2 aromatic rings. The van der Waals surface area contributed by atoms with Crippen molar-refractivity contribution >= 4 is 37.1 Å². The molecule has 51 valence electrons. The molecule has 0 atom stereocenters. The van der Waals surface area contributed by atoms with Crippen LogP contribution in [0.15, 0.2) is 36.4 Å². The molecule has 1 heterocycles. The van der Waals surface area contributed by atoms with Gasteiger partial charge in [-0.05, 0) is 0 Å². The molecule has 0 spiro atoms. The van der Waals surface area contributed by atoms with Gasteiger partial charge >= 0.3 is 78.5 Å². The third kappa shape index (κ3) is 1.38. The van der Waals surface area contributed by atoms with E-state index in [2.05, 4.69) is 23.2 Å². The molecule has 1 nitrogen and oxygen atoms in total. The normalized spacial score (nSPS) is 10.3. The van der Waals surface area contributed by atoms with Crippen molar-refractivity contribution in [2.45, 2.75) is 0 Å². The zero-order valence-corrected chi connectivity index (χ0v) is 8.77. The Kier molecular flexibility index (Phi) is 1.82. The Balaban J connectivity index is 2.83. The van der Waals surface area contributed by atoms with E-state index in [0.29, 0.717) is 0 Å². The van der Waals surface area contributed by atoms with Crippen molar-refractivity contribution in [2.24, 2.45) is 0 Å². The van der Waals surface area contributed by atoms with Gasteiger partial charge in [-0.15, -0.1) is 0 Å². The first kappa shape index (κ1) is 7.10. The molecule has 0 aliphatic rings. The molecule has 0 fully saturated rings. The maximum absolute atomic E-state index is 4.42. The van der Waals surface area contributed by atoms with Crippen molar-refractivity contribution in [1.82, 2.24) is 4.98 Å². The van der Waals surface area contributed by atoms with Gasteiger partial charge in [0.15, 0.2) is 0 Å². The number of hydrogen-bond acceptors (Lipinski definition) is 1. The van der Waals surface area contributed by atoms with Crippen molar-refractivity contribution < 1.29 is 0 Å². The van der Waals surface area contributed by atoms with E-state index in [0.717, 1.165) is 9.23 Å². The van der Waals surface area contributed by atoms with Crippen molar-refractivity contribution in [3.8, 4) is 0 Å². The zero-order chi connectivity index (χ0) is 7.68. The van der Waals surface area contributed by atoms with Gasteiger partial charge in [0.1, 0.15) is 0 Å². The van der Waals surface area contributed by atoms with Gasteiger partial charge in [0.05, 0.1) is 0 Å². The fourth-order valence-corrected chi connectivity index (χ4v) is 1.65. The number of nitrogens with zero attached hydrogens (tertiary/aromatic N) is 1. The molecule has 0 saturated heterocycles. The molecule has 0 N–H and O–H groups in total. The predicted molar refractivity (Wildman–Crippen MR) is 47.1 cm³/mol. The van der Waals surface area contributed by atoms with Crippen LogP contribution in [-0.2, 0) is 0 Å². The summed E-state index contributed by atoms with van der Waals surface area (Å²) < 4.78 is 1.16. The molecule has 2 rings (SSSR count). The summed E-state index contributed by atoms with van der Waals surface area (Å²) in [5.74, 6) is 0. The summed E-state index contributed by atoms with van der Waals surface area (Å²) >= 11 is 1.38. The van der Waals surface area contributed by atoms with Gasteiger partial charge in [-0.2, -0.15) is 0 Å². The fourth-order valence-electron chi connectivity index (χ4n) is 1.07. The van der Waals surface area contributed by atoms with Gasteiger partial charge in [0.2, 0.25) is 0 Å². The van der Waals surface area contributed by atoms with E-state index < -0.39 is 0 Å². The Morgan fingerprint density at radius 1 is 1.00 bits per heavy atom. The quantitative estimate of drug-likeness (QED) is 0.633. The molecular formula is C9H6NSn. The van der Waals surface area contributed by atoms with Crippen molar-refractivity contribution in [1.29, 1.82) is 0 Å². The van der Waals surface area contributed by atoms with Gasteiger partial charge in [0.25, 0.3) is 0 Å². The van der Waals surface area contributed by atoms with Crippen LogP contribution in [0.2, 0.25) is 0 Å². The Hall–Kier alpha value is -0.571. The summed E-state index contributed by atoms with van der Waals surface area (Å²) in [5, 5.41) is 1.22. The molecule has 1 aromatic heterocycles. The zero-order valence-electron chi connectivity index (χ0n) is 5.91. The molecule has 0 bridgehead atoms. The third-order valence-corrected chi connectivity index (χ3v) is 2.39. The van der Waals surface area contributed by atoms with Crippen molar-refractivity contribution in [2.75, 3.05) is 0 Å². The molecule has 0 unspecified atom stereocenters. The molecular weight excluding hydrogens is 241 g/mol. The molecule has 0 aliphatic heterocycles. The first-order chi connectivity index (χ1) is 5.36. The maximum atomic E-state index is 4.42. The molecule has 0 saturated carbocycles. The van der Waals surface area contributed by atoms with E-state index in [1.807, 2.05) is 18.2 Å². The Bertz CT molecular complexity index is 384. The second-order valence-corrected chi connectivity index (χ2v) is 3.85. The van der Waals surface area contributed by atoms with E-state index in [1.54, 1.807) is 0 Å². The van der Waals surface area contributed by atoms with Gasteiger partial charge in [-0.3, -0.25) is 0 Å². The first-order valence-corrected chi connectivity index (χ1v) is 4.86. The van der Waals surface area contributed by atoms with E-state index in [4.69, 9.17) is 0 Å². The van der Waals surface area contributed by atoms with Crippen LogP contribution in [0.25, 0.3) is 10.9 Å². The van der Waals surface area contributed by atoms with Crippen LogP contribution in [0.4, 0.5) is 0 Å². The molecule has 2 heteroatoms. The van der Waals surface area contributed by atoms with Crippen molar-refractivity contribution in [3.05, 3.63) is 36.4 Å². The van der Waals surface area contributed by atoms with Crippen LogP contribution in [0, 0.1) is 0 Å². The standard InChI is InChI=1S/C9H6N.Sn/c1-2-6-9-8(4-1)5-3-7-10-9;/h1-6H;. The minimum atomic E-state index is 1.10. The van der Waals surface area contributed by atoms with Crippen molar-refractivity contribution in [3.63, 3.8) is 0 Å². The predicted octanol–water partition coefficient (Wildman–Crippen LogP) is 1.03. The van der Waals surface area contributed by atoms with Crippen LogP contribution < -0.4 is 3.71 Å². The summed E-state index contributed by atoms with van der Waals surface area (Å²) in [6.45, 7) is 0. The number of benzene rings is 1. The second-order valence-electron chi connectivity index (χ2n) is 2.39. The first-order valence-electron chi connectivity index (χ1n) is 3.44. The number of fused-ring (bicyclic) bond motifs is 1. The number of hydrogen-bond donors (Lipinski definition) is 0. The Labute approximate surface area is 78.5 Å².